The van der Waals surface area contributed by atoms with Gasteiger partial charge in [-0.15, -0.1) is 0 Å². The van der Waals surface area contributed by atoms with Gasteiger partial charge in [0.1, 0.15) is 0 Å². The molecule has 1 saturated heterocycles. The minimum absolute atomic E-state index is 0.253. The summed E-state index contributed by atoms with van der Waals surface area (Å²) in [7, 11) is 0. The summed E-state index contributed by atoms with van der Waals surface area (Å²) < 4.78 is 0. The van der Waals surface area contributed by atoms with Gasteiger partial charge < -0.3 is 15.3 Å². The Morgan fingerprint density at radius 1 is 1.37 bits per heavy atom. The van der Waals surface area contributed by atoms with Gasteiger partial charge in [0.2, 0.25) is 0 Å². The maximum Gasteiger partial charge on any atom is 0.173 e. The molecule has 0 aromatic heterocycles. The van der Waals surface area contributed by atoms with Gasteiger partial charge in [0.15, 0.2) is 5.11 Å². The number of benzene rings is 1. The maximum absolute atomic E-state index is 9.26. The zero-order valence-corrected chi connectivity index (χ0v) is 12.5. The zero-order valence-electron chi connectivity index (χ0n) is 11.6. The second-order valence-electron chi connectivity index (χ2n) is 5.44. The molecular formula is C15H22N2OS. The fourth-order valence-electron chi connectivity index (χ4n) is 2.65. The van der Waals surface area contributed by atoms with E-state index >= 15 is 0 Å². The predicted molar refractivity (Wildman–Crippen MR) is 83.5 cm³/mol. The Kier molecular flexibility index (Phi) is 4.77. The minimum atomic E-state index is 0.253. The Bertz CT molecular complexity index is 441. The molecule has 1 heterocycles. The first-order valence-corrected chi connectivity index (χ1v) is 7.24. The Labute approximate surface area is 120 Å². The van der Waals surface area contributed by atoms with E-state index in [0.29, 0.717) is 5.92 Å². The van der Waals surface area contributed by atoms with Gasteiger partial charge in [-0.05, 0) is 68.1 Å². The molecule has 2 N–H and O–H groups in total. The molecule has 1 aromatic carbocycles. The lowest BCUT2D eigenvalue weighted by Gasteiger charge is -2.33. The van der Waals surface area contributed by atoms with Crippen LogP contribution in [0, 0.1) is 19.8 Å². The number of nitrogens with one attached hydrogen (secondary N) is 1. The van der Waals surface area contributed by atoms with Crippen LogP contribution in [-0.4, -0.2) is 34.8 Å². The first-order valence-electron chi connectivity index (χ1n) is 6.83. The summed E-state index contributed by atoms with van der Waals surface area (Å²) in [6, 6.07) is 6.36. The van der Waals surface area contributed by atoms with E-state index in [1.165, 1.54) is 11.1 Å². The number of likely N-dealkylation sites (tertiary alicyclic amines) is 1. The van der Waals surface area contributed by atoms with E-state index in [1.54, 1.807) is 0 Å². The van der Waals surface area contributed by atoms with Crippen LogP contribution in [0.15, 0.2) is 18.2 Å². The third-order valence-corrected chi connectivity index (χ3v) is 3.90. The van der Waals surface area contributed by atoms with Gasteiger partial charge >= 0.3 is 0 Å². The number of anilines is 1. The van der Waals surface area contributed by atoms with Gasteiger partial charge in [-0.25, -0.2) is 0 Å². The van der Waals surface area contributed by atoms with Crippen molar-refractivity contribution < 1.29 is 5.11 Å². The highest BCUT2D eigenvalue weighted by molar-refractivity contribution is 7.80. The van der Waals surface area contributed by atoms with Crippen LogP contribution in [0.4, 0.5) is 5.69 Å². The van der Waals surface area contributed by atoms with Crippen molar-refractivity contribution in [3.05, 3.63) is 29.3 Å². The van der Waals surface area contributed by atoms with Crippen LogP contribution in [0.3, 0.4) is 0 Å². The molecule has 0 spiro atoms. The number of nitrogens with zero attached hydrogens (tertiary/aromatic N) is 1. The van der Waals surface area contributed by atoms with Gasteiger partial charge in [-0.2, -0.15) is 0 Å². The van der Waals surface area contributed by atoms with Gasteiger partial charge in [0, 0.05) is 25.4 Å². The van der Waals surface area contributed by atoms with E-state index in [2.05, 4.69) is 42.3 Å². The Hall–Kier alpha value is -1.13. The van der Waals surface area contributed by atoms with Gasteiger partial charge in [0.05, 0.1) is 0 Å². The fourth-order valence-corrected chi connectivity index (χ4v) is 2.93. The maximum atomic E-state index is 9.26. The summed E-state index contributed by atoms with van der Waals surface area (Å²) >= 11 is 5.48. The average molecular weight is 278 g/mol. The standard InChI is InChI=1S/C15H22N2OS/c1-11-6-12(2)8-14(7-11)16-15(19)17-5-3-4-13(9-17)10-18/h6-8,13,18H,3-5,9-10H2,1-2H3,(H,16,19)/t13-/m1/s1. The summed E-state index contributed by atoms with van der Waals surface area (Å²) in [6.45, 7) is 6.26. The number of rotatable bonds is 2. The number of thiocarbonyl (C=S) groups is 1. The van der Waals surface area contributed by atoms with Crippen molar-refractivity contribution in [3.63, 3.8) is 0 Å². The largest absolute Gasteiger partial charge is 0.396 e. The van der Waals surface area contributed by atoms with Crippen LogP contribution in [0.2, 0.25) is 0 Å². The van der Waals surface area contributed by atoms with Crippen LogP contribution in [0.25, 0.3) is 0 Å². The van der Waals surface area contributed by atoms with Crippen LogP contribution in [-0.2, 0) is 0 Å². The van der Waals surface area contributed by atoms with Gasteiger partial charge in [-0.1, -0.05) is 6.07 Å². The summed E-state index contributed by atoms with van der Waals surface area (Å²) in [6.07, 6.45) is 2.19. The lowest BCUT2D eigenvalue weighted by Crippen LogP contribution is -2.43. The van der Waals surface area contributed by atoms with Gasteiger partial charge in [0.25, 0.3) is 0 Å². The molecule has 0 amide bonds. The summed E-state index contributed by atoms with van der Waals surface area (Å²) in [4.78, 5) is 2.16. The van der Waals surface area contributed by atoms with Crippen molar-refractivity contribution in [1.29, 1.82) is 0 Å². The molecule has 104 valence electrons. The normalized spacial score (nSPS) is 19.3. The highest BCUT2D eigenvalue weighted by atomic mass is 32.1. The Morgan fingerprint density at radius 2 is 2.05 bits per heavy atom. The van der Waals surface area contributed by atoms with E-state index in [-0.39, 0.29) is 6.61 Å². The third-order valence-electron chi connectivity index (χ3n) is 3.54. The number of hydrogen-bond donors (Lipinski definition) is 2. The summed E-state index contributed by atoms with van der Waals surface area (Å²) in [5.74, 6) is 0.354. The van der Waals surface area contributed by atoms with E-state index < -0.39 is 0 Å². The molecule has 1 fully saturated rings. The van der Waals surface area contributed by atoms with E-state index in [4.69, 9.17) is 12.2 Å². The first-order chi connectivity index (χ1) is 9.08. The summed E-state index contributed by atoms with van der Waals surface area (Å²) in [5, 5.41) is 13.3. The van der Waals surface area contributed by atoms with Crippen molar-refractivity contribution in [2.75, 3.05) is 25.0 Å². The average Bonchev–Trinajstić information content (AvgIpc) is 2.37. The van der Waals surface area contributed by atoms with E-state index in [0.717, 1.165) is 36.7 Å². The molecule has 19 heavy (non-hydrogen) atoms. The molecule has 0 saturated carbocycles. The fraction of sp³-hybridized carbons (Fsp3) is 0.533. The molecular weight excluding hydrogens is 256 g/mol. The molecule has 2 rings (SSSR count). The second kappa shape index (κ2) is 6.35. The van der Waals surface area contributed by atoms with Crippen LogP contribution in [0.5, 0.6) is 0 Å². The highest BCUT2D eigenvalue weighted by Crippen LogP contribution is 2.18. The van der Waals surface area contributed by atoms with Crippen molar-refractivity contribution >= 4 is 23.0 Å². The molecule has 0 aliphatic carbocycles. The summed E-state index contributed by atoms with van der Waals surface area (Å²) in [5.41, 5.74) is 3.52. The zero-order chi connectivity index (χ0) is 13.8. The molecule has 0 unspecified atom stereocenters. The number of aryl methyl sites for hydroxylation is 2. The molecule has 1 aliphatic rings. The molecule has 0 bridgehead atoms. The topological polar surface area (TPSA) is 35.5 Å². The number of aliphatic hydroxyl groups excluding tert-OH is 1. The van der Waals surface area contributed by atoms with E-state index in [1.807, 2.05) is 0 Å². The van der Waals surface area contributed by atoms with Crippen LogP contribution in [0.1, 0.15) is 24.0 Å². The lowest BCUT2D eigenvalue weighted by molar-refractivity contribution is 0.162. The number of aliphatic hydroxyl groups is 1. The molecule has 1 aliphatic heterocycles. The monoisotopic (exact) mass is 278 g/mol. The second-order valence-corrected chi connectivity index (χ2v) is 5.83. The van der Waals surface area contributed by atoms with Crippen LogP contribution < -0.4 is 5.32 Å². The number of piperidine rings is 1. The van der Waals surface area contributed by atoms with Crippen molar-refractivity contribution in [2.45, 2.75) is 26.7 Å². The first kappa shape index (κ1) is 14.3. The smallest absolute Gasteiger partial charge is 0.173 e. The highest BCUT2D eigenvalue weighted by Gasteiger charge is 2.21. The lowest BCUT2D eigenvalue weighted by atomic mass is 9.99. The minimum Gasteiger partial charge on any atom is -0.396 e. The Balaban J connectivity index is 2.00. The molecule has 1 atom stereocenters. The van der Waals surface area contributed by atoms with Crippen LogP contribution >= 0.6 is 12.2 Å². The predicted octanol–water partition coefficient (Wildman–Crippen LogP) is 2.70. The molecule has 3 nitrogen and oxygen atoms in total. The van der Waals surface area contributed by atoms with Crippen molar-refractivity contribution in [3.8, 4) is 0 Å². The molecule has 4 heteroatoms. The van der Waals surface area contributed by atoms with E-state index in [9.17, 15) is 5.11 Å². The third kappa shape index (κ3) is 3.91. The SMILES string of the molecule is Cc1cc(C)cc(NC(=S)N2CCC[C@@H](CO)C2)c1. The quantitative estimate of drug-likeness (QED) is 0.815. The van der Waals surface area contributed by atoms with Gasteiger partial charge in [-0.3, -0.25) is 0 Å². The van der Waals surface area contributed by atoms with Crippen molar-refractivity contribution in [1.82, 2.24) is 4.90 Å². The molecule has 1 aromatic rings. The number of hydrogen-bond acceptors (Lipinski definition) is 2. The molecule has 0 radical (unpaired) electrons. The van der Waals surface area contributed by atoms with Crippen molar-refractivity contribution in [2.24, 2.45) is 5.92 Å². The Morgan fingerprint density at radius 3 is 2.68 bits per heavy atom.